The zero-order valence-electron chi connectivity index (χ0n) is 15.6. The van der Waals surface area contributed by atoms with Crippen LogP contribution in [0.15, 0.2) is 29.3 Å². The van der Waals surface area contributed by atoms with Crippen LogP contribution in [0.25, 0.3) is 0 Å². The van der Waals surface area contributed by atoms with Gasteiger partial charge in [0.15, 0.2) is 5.96 Å². The van der Waals surface area contributed by atoms with Crippen molar-refractivity contribution in [2.45, 2.75) is 58.7 Å². The zero-order valence-corrected chi connectivity index (χ0v) is 15.6. The van der Waals surface area contributed by atoms with Gasteiger partial charge in [0.1, 0.15) is 0 Å². The Morgan fingerprint density at radius 2 is 2.04 bits per heavy atom. The molecule has 132 valence electrons. The van der Waals surface area contributed by atoms with Crippen LogP contribution in [0.1, 0.15) is 51.3 Å². The molecule has 1 heterocycles. The van der Waals surface area contributed by atoms with Crippen LogP contribution in [-0.2, 0) is 11.2 Å². The maximum absolute atomic E-state index is 5.88. The van der Waals surface area contributed by atoms with E-state index in [1.165, 1.54) is 11.1 Å². The second-order valence-electron chi connectivity index (χ2n) is 7.72. The van der Waals surface area contributed by atoms with E-state index in [2.05, 4.69) is 67.6 Å². The molecule has 2 fully saturated rings. The van der Waals surface area contributed by atoms with Gasteiger partial charge in [-0.25, -0.2) is 0 Å². The zero-order chi connectivity index (χ0) is 17.3. The topological polar surface area (TPSA) is 45.7 Å². The quantitative estimate of drug-likeness (QED) is 0.658. The highest BCUT2D eigenvalue weighted by atomic mass is 16.5. The maximum atomic E-state index is 5.88. The summed E-state index contributed by atoms with van der Waals surface area (Å²) in [6.45, 7) is 9.84. The number of hydrogen-bond acceptors (Lipinski definition) is 2. The molecule has 0 bridgehead atoms. The van der Waals surface area contributed by atoms with E-state index in [-0.39, 0.29) is 11.5 Å². The molecule has 1 aliphatic heterocycles. The third-order valence-electron chi connectivity index (χ3n) is 5.86. The third-order valence-corrected chi connectivity index (χ3v) is 5.86. The third kappa shape index (κ3) is 3.04. The van der Waals surface area contributed by atoms with Crippen molar-refractivity contribution in [2.75, 3.05) is 13.7 Å². The van der Waals surface area contributed by atoms with Gasteiger partial charge in [0.25, 0.3) is 0 Å². The Kier molecular flexibility index (Phi) is 4.86. The number of aryl methyl sites for hydroxylation is 1. The van der Waals surface area contributed by atoms with Gasteiger partial charge in [-0.1, -0.05) is 45.0 Å². The fraction of sp³-hybridized carbons (Fsp3) is 0.650. The molecule has 4 atom stereocenters. The van der Waals surface area contributed by atoms with Crippen LogP contribution in [-0.4, -0.2) is 31.8 Å². The SMILES string of the molecule is CCc1ccc(C(C)NC(=NC)NC2C3CCOC3C2(C)C)cc1. The second-order valence-corrected chi connectivity index (χ2v) is 7.72. The van der Waals surface area contributed by atoms with Gasteiger partial charge in [0, 0.05) is 31.0 Å². The van der Waals surface area contributed by atoms with Crippen molar-refractivity contribution in [3.8, 4) is 0 Å². The molecule has 1 aromatic rings. The number of nitrogens with zero attached hydrogens (tertiary/aromatic N) is 1. The second kappa shape index (κ2) is 6.75. The van der Waals surface area contributed by atoms with Gasteiger partial charge in [0.05, 0.1) is 12.1 Å². The van der Waals surface area contributed by atoms with Crippen LogP contribution in [0.4, 0.5) is 0 Å². The van der Waals surface area contributed by atoms with E-state index in [4.69, 9.17) is 4.74 Å². The van der Waals surface area contributed by atoms with Gasteiger partial charge in [-0.05, 0) is 30.9 Å². The van der Waals surface area contributed by atoms with Crippen LogP contribution in [0.3, 0.4) is 0 Å². The van der Waals surface area contributed by atoms with Crippen molar-refractivity contribution in [1.29, 1.82) is 0 Å². The molecule has 3 rings (SSSR count). The van der Waals surface area contributed by atoms with E-state index in [0.717, 1.165) is 25.4 Å². The molecule has 1 aromatic carbocycles. The fourth-order valence-electron chi connectivity index (χ4n) is 4.27. The first-order valence-electron chi connectivity index (χ1n) is 9.17. The summed E-state index contributed by atoms with van der Waals surface area (Å²) < 4.78 is 5.88. The number of rotatable bonds is 4. The highest BCUT2D eigenvalue weighted by molar-refractivity contribution is 5.80. The molecule has 1 saturated heterocycles. The highest BCUT2D eigenvalue weighted by Crippen LogP contribution is 2.52. The van der Waals surface area contributed by atoms with Crippen molar-refractivity contribution in [2.24, 2.45) is 16.3 Å². The van der Waals surface area contributed by atoms with Crippen molar-refractivity contribution in [3.05, 3.63) is 35.4 Å². The summed E-state index contributed by atoms with van der Waals surface area (Å²) in [6, 6.07) is 9.47. The van der Waals surface area contributed by atoms with Gasteiger partial charge < -0.3 is 15.4 Å². The van der Waals surface area contributed by atoms with Gasteiger partial charge >= 0.3 is 0 Å². The monoisotopic (exact) mass is 329 g/mol. The predicted octanol–water partition coefficient (Wildman–Crippen LogP) is 3.29. The van der Waals surface area contributed by atoms with E-state index in [1.54, 1.807) is 0 Å². The summed E-state index contributed by atoms with van der Waals surface area (Å²) in [5.41, 5.74) is 2.81. The molecule has 4 nitrogen and oxygen atoms in total. The largest absolute Gasteiger partial charge is 0.377 e. The Morgan fingerprint density at radius 1 is 1.33 bits per heavy atom. The first kappa shape index (κ1) is 17.3. The van der Waals surface area contributed by atoms with Gasteiger partial charge in [-0.2, -0.15) is 0 Å². The number of guanidine groups is 1. The molecular weight excluding hydrogens is 298 g/mol. The van der Waals surface area contributed by atoms with Crippen LogP contribution in [0, 0.1) is 11.3 Å². The first-order chi connectivity index (χ1) is 11.5. The van der Waals surface area contributed by atoms with Crippen molar-refractivity contribution >= 4 is 5.96 Å². The average molecular weight is 329 g/mol. The highest BCUT2D eigenvalue weighted by Gasteiger charge is 2.59. The number of fused-ring (bicyclic) bond motifs is 1. The summed E-state index contributed by atoms with van der Waals surface area (Å²) >= 11 is 0. The minimum atomic E-state index is 0.158. The van der Waals surface area contributed by atoms with Gasteiger partial charge in [-0.3, -0.25) is 4.99 Å². The molecule has 24 heavy (non-hydrogen) atoms. The molecule has 2 N–H and O–H groups in total. The minimum Gasteiger partial charge on any atom is -0.377 e. The molecule has 0 amide bonds. The molecular formula is C20H31N3O. The number of benzene rings is 1. The number of nitrogens with one attached hydrogen (secondary N) is 2. The Morgan fingerprint density at radius 3 is 2.67 bits per heavy atom. The lowest BCUT2D eigenvalue weighted by Crippen LogP contribution is -2.68. The lowest BCUT2D eigenvalue weighted by molar-refractivity contribution is -0.106. The summed E-state index contributed by atoms with van der Waals surface area (Å²) in [4.78, 5) is 4.44. The molecule has 2 aliphatic rings. The van der Waals surface area contributed by atoms with Crippen molar-refractivity contribution in [1.82, 2.24) is 10.6 Å². The van der Waals surface area contributed by atoms with E-state index in [9.17, 15) is 0 Å². The average Bonchev–Trinajstić information content (AvgIpc) is 3.05. The molecule has 4 unspecified atom stereocenters. The maximum Gasteiger partial charge on any atom is 0.191 e. The lowest BCUT2D eigenvalue weighted by atomic mass is 9.57. The van der Waals surface area contributed by atoms with Crippen LogP contribution in [0.5, 0.6) is 0 Å². The lowest BCUT2D eigenvalue weighted by Gasteiger charge is -2.55. The molecule has 0 radical (unpaired) electrons. The Hall–Kier alpha value is -1.55. The predicted molar refractivity (Wildman–Crippen MR) is 99.3 cm³/mol. The Labute approximate surface area is 146 Å². The summed E-state index contributed by atoms with van der Waals surface area (Å²) in [5, 5.41) is 7.18. The molecule has 4 heteroatoms. The normalized spacial score (nSPS) is 29.5. The summed E-state index contributed by atoms with van der Waals surface area (Å²) in [6.07, 6.45) is 2.62. The Bertz CT molecular complexity index is 593. The summed E-state index contributed by atoms with van der Waals surface area (Å²) in [7, 11) is 1.84. The summed E-state index contributed by atoms with van der Waals surface area (Å²) in [5.74, 6) is 1.49. The minimum absolute atomic E-state index is 0.158. The first-order valence-corrected chi connectivity index (χ1v) is 9.17. The van der Waals surface area contributed by atoms with E-state index >= 15 is 0 Å². The Balaban J connectivity index is 1.62. The van der Waals surface area contributed by atoms with Crippen LogP contribution in [0.2, 0.25) is 0 Å². The van der Waals surface area contributed by atoms with Crippen LogP contribution < -0.4 is 10.6 Å². The smallest absolute Gasteiger partial charge is 0.191 e. The van der Waals surface area contributed by atoms with Gasteiger partial charge in [-0.15, -0.1) is 0 Å². The standard InChI is InChI=1S/C20H31N3O/c1-6-14-7-9-15(10-8-14)13(2)22-19(21-5)23-17-16-11-12-24-18(16)20(17,3)4/h7-10,13,16-18H,6,11-12H2,1-5H3,(H2,21,22,23). The fourth-order valence-corrected chi connectivity index (χ4v) is 4.27. The molecule has 1 saturated carbocycles. The van der Waals surface area contributed by atoms with E-state index in [1.807, 2.05) is 7.05 Å². The molecule has 0 aromatic heterocycles. The number of aliphatic imine (C=N–C) groups is 1. The van der Waals surface area contributed by atoms with Gasteiger partial charge in [0.2, 0.25) is 0 Å². The van der Waals surface area contributed by atoms with Crippen molar-refractivity contribution < 1.29 is 4.74 Å². The molecule has 1 aliphatic carbocycles. The van der Waals surface area contributed by atoms with Crippen LogP contribution >= 0.6 is 0 Å². The van der Waals surface area contributed by atoms with E-state index in [0.29, 0.717) is 18.1 Å². The number of hydrogen-bond donors (Lipinski definition) is 2. The van der Waals surface area contributed by atoms with Crippen molar-refractivity contribution in [3.63, 3.8) is 0 Å². The van der Waals surface area contributed by atoms with E-state index < -0.39 is 0 Å². The molecule has 0 spiro atoms. The number of ether oxygens (including phenoxy) is 1.